The number of fused-ring (bicyclic) bond motifs is 1. The summed E-state index contributed by atoms with van der Waals surface area (Å²) in [6, 6.07) is 9.58. The number of nitrogens with zero attached hydrogens (tertiary/aromatic N) is 4. The van der Waals surface area contributed by atoms with E-state index in [0.29, 0.717) is 23.1 Å². The number of aromatic nitrogens is 4. The molecule has 0 radical (unpaired) electrons. The van der Waals surface area contributed by atoms with E-state index in [1.165, 1.54) is 6.20 Å². The standard InChI is InChI=1S/C25H21F2N7O/c26-19-9-14(11-28)8-17-18(12-30-22(17)19)23-31-13-20(27)24(34-23)32-15-4-3-5-16(10-15)33-25(35)21-6-1-2-7-29-21/h1-2,6-9,12-13,15-16,30H,3-5,10H2,(H,33,35)(H,31,32,34)/t15-,16+/m0/s1. The zero-order chi connectivity index (χ0) is 24.4. The van der Waals surface area contributed by atoms with Crippen molar-refractivity contribution in [3.63, 3.8) is 0 Å². The summed E-state index contributed by atoms with van der Waals surface area (Å²) in [5, 5.41) is 15.8. The summed E-state index contributed by atoms with van der Waals surface area (Å²) in [4.78, 5) is 27.8. The first-order valence-corrected chi connectivity index (χ1v) is 11.2. The topological polar surface area (TPSA) is 119 Å². The number of halogens is 2. The van der Waals surface area contributed by atoms with Gasteiger partial charge in [-0.15, -0.1) is 0 Å². The molecule has 0 bridgehead atoms. The van der Waals surface area contributed by atoms with Crippen LogP contribution in [-0.2, 0) is 0 Å². The van der Waals surface area contributed by atoms with Crippen LogP contribution in [-0.4, -0.2) is 37.9 Å². The molecule has 8 nitrogen and oxygen atoms in total. The lowest BCUT2D eigenvalue weighted by Crippen LogP contribution is -2.42. The number of amides is 1. The molecule has 0 unspecified atom stereocenters. The van der Waals surface area contributed by atoms with Gasteiger partial charge in [0.25, 0.3) is 5.91 Å². The molecule has 3 aromatic heterocycles. The molecule has 1 aliphatic rings. The number of aromatic amines is 1. The Balaban J connectivity index is 1.34. The van der Waals surface area contributed by atoms with Gasteiger partial charge in [-0.2, -0.15) is 5.26 Å². The predicted octanol–water partition coefficient (Wildman–Crippen LogP) is 4.32. The highest BCUT2D eigenvalue weighted by Gasteiger charge is 2.25. The lowest BCUT2D eigenvalue weighted by Gasteiger charge is -2.30. The van der Waals surface area contributed by atoms with E-state index < -0.39 is 11.6 Å². The molecule has 0 saturated heterocycles. The van der Waals surface area contributed by atoms with Gasteiger partial charge in [0.15, 0.2) is 17.5 Å². The van der Waals surface area contributed by atoms with Gasteiger partial charge < -0.3 is 15.6 Å². The zero-order valence-corrected chi connectivity index (χ0v) is 18.6. The Morgan fingerprint density at radius 1 is 1.14 bits per heavy atom. The summed E-state index contributed by atoms with van der Waals surface area (Å²) in [5.41, 5.74) is 1.20. The van der Waals surface area contributed by atoms with Crippen LogP contribution in [0.1, 0.15) is 41.7 Å². The van der Waals surface area contributed by atoms with Crippen LogP contribution in [0.2, 0.25) is 0 Å². The molecule has 3 N–H and O–H groups in total. The van der Waals surface area contributed by atoms with Gasteiger partial charge in [-0.1, -0.05) is 6.07 Å². The maximum atomic E-state index is 14.6. The molecule has 2 atom stereocenters. The fourth-order valence-corrected chi connectivity index (χ4v) is 4.44. The molecule has 1 aliphatic carbocycles. The van der Waals surface area contributed by atoms with Crippen molar-refractivity contribution in [1.82, 2.24) is 25.3 Å². The second-order valence-corrected chi connectivity index (χ2v) is 8.48. The molecular formula is C25H21F2N7O. The minimum atomic E-state index is -0.614. The average molecular weight is 473 g/mol. The van der Waals surface area contributed by atoms with Crippen molar-refractivity contribution in [3.05, 3.63) is 71.8 Å². The smallest absolute Gasteiger partial charge is 0.270 e. The van der Waals surface area contributed by atoms with Crippen molar-refractivity contribution in [2.24, 2.45) is 0 Å². The number of hydrogen-bond donors (Lipinski definition) is 3. The van der Waals surface area contributed by atoms with E-state index in [-0.39, 0.29) is 40.7 Å². The van der Waals surface area contributed by atoms with Gasteiger partial charge in [-0.3, -0.25) is 9.78 Å². The zero-order valence-electron chi connectivity index (χ0n) is 18.6. The van der Waals surface area contributed by atoms with Crippen LogP contribution in [0.3, 0.4) is 0 Å². The summed E-state index contributed by atoms with van der Waals surface area (Å²) in [6.45, 7) is 0. The number of pyridine rings is 1. The Morgan fingerprint density at radius 2 is 2.00 bits per heavy atom. The minimum Gasteiger partial charge on any atom is -0.365 e. The molecule has 3 heterocycles. The summed E-state index contributed by atoms with van der Waals surface area (Å²) >= 11 is 0. The van der Waals surface area contributed by atoms with E-state index >= 15 is 0 Å². The van der Waals surface area contributed by atoms with Crippen LogP contribution in [0.25, 0.3) is 22.3 Å². The first-order valence-electron chi connectivity index (χ1n) is 11.2. The monoisotopic (exact) mass is 473 g/mol. The highest BCUT2D eigenvalue weighted by atomic mass is 19.1. The quantitative estimate of drug-likeness (QED) is 0.397. The van der Waals surface area contributed by atoms with Gasteiger partial charge in [0.1, 0.15) is 11.5 Å². The Hall–Kier alpha value is -4.39. The number of nitriles is 1. The Labute approximate surface area is 199 Å². The first kappa shape index (κ1) is 22.4. The Morgan fingerprint density at radius 3 is 2.80 bits per heavy atom. The number of carbonyl (C=O) groups excluding carboxylic acids is 1. The highest BCUT2D eigenvalue weighted by Crippen LogP contribution is 2.30. The van der Waals surface area contributed by atoms with Gasteiger partial charge in [0.05, 0.1) is 23.3 Å². The van der Waals surface area contributed by atoms with Gasteiger partial charge in [-0.05, 0) is 49.9 Å². The number of benzene rings is 1. The number of nitrogens with one attached hydrogen (secondary N) is 3. The molecule has 1 amide bonds. The lowest BCUT2D eigenvalue weighted by atomic mass is 9.91. The third-order valence-electron chi connectivity index (χ3n) is 6.10. The number of anilines is 1. The maximum Gasteiger partial charge on any atom is 0.270 e. The summed E-state index contributed by atoms with van der Waals surface area (Å²) in [7, 11) is 0. The summed E-state index contributed by atoms with van der Waals surface area (Å²) in [5.74, 6) is -1.19. The third-order valence-corrected chi connectivity index (χ3v) is 6.10. The molecular weight excluding hydrogens is 452 g/mol. The maximum absolute atomic E-state index is 14.6. The molecule has 176 valence electrons. The van der Waals surface area contributed by atoms with Crippen LogP contribution < -0.4 is 10.6 Å². The summed E-state index contributed by atoms with van der Waals surface area (Å²) < 4.78 is 28.9. The van der Waals surface area contributed by atoms with Crippen LogP contribution in [0.4, 0.5) is 14.6 Å². The van der Waals surface area contributed by atoms with Gasteiger partial charge >= 0.3 is 0 Å². The normalized spacial score (nSPS) is 17.6. The molecule has 0 aliphatic heterocycles. The number of rotatable bonds is 5. The van der Waals surface area contributed by atoms with E-state index in [1.807, 2.05) is 6.07 Å². The molecule has 4 aromatic rings. The number of H-pyrrole nitrogens is 1. The van der Waals surface area contributed by atoms with Gasteiger partial charge in [-0.25, -0.2) is 18.7 Å². The molecule has 5 rings (SSSR count). The SMILES string of the molecule is N#Cc1cc(F)c2[nH]cc(-c3ncc(F)c(N[C@H]4CCC[C@@H](NC(=O)c5ccccn5)C4)n3)c2c1. The second kappa shape index (κ2) is 9.46. The molecule has 0 spiro atoms. The third kappa shape index (κ3) is 4.66. The van der Waals surface area contributed by atoms with E-state index in [0.717, 1.165) is 31.5 Å². The van der Waals surface area contributed by atoms with Crippen LogP contribution in [0.5, 0.6) is 0 Å². The fraction of sp³-hybridized carbons (Fsp3) is 0.240. The van der Waals surface area contributed by atoms with E-state index in [1.54, 1.807) is 30.5 Å². The highest BCUT2D eigenvalue weighted by molar-refractivity contribution is 5.95. The van der Waals surface area contributed by atoms with Crippen molar-refractivity contribution in [2.45, 2.75) is 37.8 Å². The van der Waals surface area contributed by atoms with Crippen molar-refractivity contribution >= 4 is 22.6 Å². The van der Waals surface area contributed by atoms with Crippen molar-refractivity contribution in [2.75, 3.05) is 5.32 Å². The first-order chi connectivity index (χ1) is 17.0. The largest absolute Gasteiger partial charge is 0.365 e. The second-order valence-electron chi connectivity index (χ2n) is 8.48. The van der Waals surface area contributed by atoms with Gasteiger partial charge in [0, 0.05) is 35.4 Å². The number of hydrogen-bond acceptors (Lipinski definition) is 6. The van der Waals surface area contributed by atoms with Crippen LogP contribution >= 0.6 is 0 Å². The number of carbonyl (C=O) groups is 1. The minimum absolute atomic E-state index is 0.0305. The van der Waals surface area contributed by atoms with Crippen molar-refractivity contribution in [3.8, 4) is 17.5 Å². The molecule has 1 fully saturated rings. The van der Waals surface area contributed by atoms with E-state index in [2.05, 4.69) is 30.6 Å². The summed E-state index contributed by atoms with van der Waals surface area (Å²) in [6.07, 6.45) is 7.23. The fourth-order valence-electron chi connectivity index (χ4n) is 4.44. The molecule has 1 aromatic carbocycles. The average Bonchev–Trinajstić information content (AvgIpc) is 3.31. The van der Waals surface area contributed by atoms with Crippen molar-refractivity contribution in [1.29, 1.82) is 5.26 Å². The lowest BCUT2D eigenvalue weighted by molar-refractivity contribution is 0.0921. The Kier molecular flexibility index (Phi) is 6.06. The Bertz CT molecular complexity index is 1430. The van der Waals surface area contributed by atoms with E-state index in [9.17, 15) is 18.8 Å². The van der Waals surface area contributed by atoms with Crippen molar-refractivity contribution < 1.29 is 13.6 Å². The molecule has 10 heteroatoms. The van der Waals surface area contributed by atoms with Crippen LogP contribution in [0.15, 0.2) is 48.9 Å². The van der Waals surface area contributed by atoms with E-state index in [4.69, 9.17) is 0 Å². The van der Waals surface area contributed by atoms with Crippen LogP contribution in [0, 0.1) is 23.0 Å². The predicted molar refractivity (Wildman–Crippen MR) is 125 cm³/mol. The molecule has 1 saturated carbocycles. The molecule has 35 heavy (non-hydrogen) atoms. The van der Waals surface area contributed by atoms with Gasteiger partial charge in [0.2, 0.25) is 0 Å².